The second kappa shape index (κ2) is 8.39. The number of carbonyl (C=O) groups is 1. The number of hydrogen-bond donors (Lipinski definition) is 2. The zero-order valence-corrected chi connectivity index (χ0v) is 14.1. The summed E-state index contributed by atoms with van der Waals surface area (Å²) in [6.45, 7) is 4.14. The summed E-state index contributed by atoms with van der Waals surface area (Å²) in [7, 11) is 0. The Kier molecular flexibility index (Phi) is 6.23. The van der Waals surface area contributed by atoms with Crippen LogP contribution in [0.3, 0.4) is 0 Å². The topological polar surface area (TPSA) is 61.7 Å². The van der Waals surface area contributed by atoms with Crippen molar-refractivity contribution in [1.82, 2.24) is 5.43 Å². The van der Waals surface area contributed by atoms with Crippen LogP contribution in [0.25, 0.3) is 0 Å². The number of para-hydroxylation sites is 1. The number of benzene rings is 2. The van der Waals surface area contributed by atoms with E-state index in [1.165, 1.54) is 22.9 Å². The summed E-state index contributed by atoms with van der Waals surface area (Å²) in [6, 6.07) is 13.2. The smallest absolute Gasteiger partial charge is 0.250 e. The molecule has 2 aromatic carbocycles. The fraction of sp³-hybridized carbons (Fsp3) is 0.222. The first-order chi connectivity index (χ1) is 11.0. The van der Waals surface area contributed by atoms with E-state index >= 15 is 0 Å². The van der Waals surface area contributed by atoms with Crippen LogP contribution in [0.1, 0.15) is 22.3 Å². The Balaban J connectivity index is 1.76. The van der Waals surface area contributed by atoms with Crippen LogP contribution in [0.2, 0.25) is 0 Å². The lowest BCUT2D eigenvalue weighted by Crippen LogP contribution is -2.19. The van der Waals surface area contributed by atoms with E-state index in [4.69, 9.17) is 0 Å². The lowest BCUT2D eigenvalue weighted by atomic mass is 10.1. The van der Waals surface area contributed by atoms with Crippen molar-refractivity contribution in [2.45, 2.75) is 19.6 Å². The lowest BCUT2D eigenvalue weighted by Gasteiger charge is -2.04. The molecule has 2 N–H and O–H groups in total. The maximum absolute atomic E-state index is 11.7. The van der Waals surface area contributed by atoms with Gasteiger partial charge in [0.15, 0.2) is 0 Å². The monoisotopic (exact) mass is 328 g/mol. The number of phenolic OH excluding ortho intramolecular Hbond substituents is 1. The highest BCUT2D eigenvalue weighted by molar-refractivity contribution is 7.99. The van der Waals surface area contributed by atoms with Crippen molar-refractivity contribution in [3.05, 3.63) is 64.7 Å². The third-order valence-electron chi connectivity index (χ3n) is 3.11. The number of aryl methyl sites for hydroxylation is 2. The Morgan fingerprint density at radius 3 is 2.61 bits per heavy atom. The summed E-state index contributed by atoms with van der Waals surface area (Å²) in [5, 5.41) is 13.4. The maximum Gasteiger partial charge on any atom is 0.250 e. The van der Waals surface area contributed by atoms with E-state index in [0.717, 1.165) is 5.75 Å². The first kappa shape index (κ1) is 17.1. The molecule has 23 heavy (non-hydrogen) atoms. The van der Waals surface area contributed by atoms with Crippen LogP contribution in [0.5, 0.6) is 5.75 Å². The molecule has 0 bridgehead atoms. The van der Waals surface area contributed by atoms with Gasteiger partial charge in [0, 0.05) is 11.3 Å². The van der Waals surface area contributed by atoms with Gasteiger partial charge in [0.1, 0.15) is 5.75 Å². The fourth-order valence-corrected chi connectivity index (χ4v) is 2.97. The van der Waals surface area contributed by atoms with Gasteiger partial charge in [0.25, 0.3) is 0 Å². The Morgan fingerprint density at radius 2 is 1.91 bits per heavy atom. The predicted octanol–water partition coefficient (Wildman–Crippen LogP) is 3.39. The van der Waals surface area contributed by atoms with Crippen LogP contribution in [0.4, 0.5) is 0 Å². The van der Waals surface area contributed by atoms with Crippen molar-refractivity contribution in [2.75, 3.05) is 5.75 Å². The van der Waals surface area contributed by atoms with Crippen LogP contribution in [0.15, 0.2) is 47.6 Å². The summed E-state index contributed by atoms with van der Waals surface area (Å²) in [4.78, 5) is 11.7. The van der Waals surface area contributed by atoms with E-state index < -0.39 is 0 Å². The van der Waals surface area contributed by atoms with Crippen molar-refractivity contribution in [1.29, 1.82) is 0 Å². The van der Waals surface area contributed by atoms with Crippen LogP contribution in [0, 0.1) is 13.8 Å². The Labute approximate surface area is 140 Å². The van der Waals surface area contributed by atoms with Gasteiger partial charge in [-0.3, -0.25) is 4.79 Å². The molecule has 0 aliphatic rings. The number of amides is 1. The molecule has 0 unspecified atom stereocenters. The molecule has 0 saturated carbocycles. The number of thioether (sulfide) groups is 1. The van der Waals surface area contributed by atoms with Gasteiger partial charge in [-0.15, -0.1) is 11.8 Å². The van der Waals surface area contributed by atoms with E-state index in [1.807, 2.05) is 0 Å². The number of phenols is 1. The van der Waals surface area contributed by atoms with E-state index in [2.05, 4.69) is 42.6 Å². The molecule has 0 fully saturated rings. The van der Waals surface area contributed by atoms with Gasteiger partial charge < -0.3 is 5.11 Å². The average molecular weight is 328 g/mol. The molecular formula is C18H20N2O2S. The summed E-state index contributed by atoms with van der Waals surface area (Å²) in [5.41, 5.74) is 6.72. The highest BCUT2D eigenvalue weighted by Gasteiger charge is 2.02. The van der Waals surface area contributed by atoms with Crippen LogP contribution < -0.4 is 5.43 Å². The third-order valence-corrected chi connectivity index (χ3v) is 4.12. The molecule has 0 aliphatic carbocycles. The van der Waals surface area contributed by atoms with Gasteiger partial charge in [-0.05, 0) is 31.5 Å². The Hall–Kier alpha value is -2.27. The molecule has 120 valence electrons. The Morgan fingerprint density at radius 1 is 1.22 bits per heavy atom. The quantitative estimate of drug-likeness (QED) is 0.631. The molecule has 0 radical (unpaired) electrons. The normalized spacial score (nSPS) is 10.9. The summed E-state index contributed by atoms with van der Waals surface area (Å²) < 4.78 is 0. The highest BCUT2D eigenvalue weighted by Crippen LogP contribution is 2.16. The van der Waals surface area contributed by atoms with E-state index in [0.29, 0.717) is 11.3 Å². The Bertz CT molecular complexity index is 694. The molecule has 0 saturated heterocycles. The number of hydrogen-bond acceptors (Lipinski definition) is 4. The minimum absolute atomic E-state index is 0.134. The van der Waals surface area contributed by atoms with Crippen molar-refractivity contribution >= 4 is 23.9 Å². The lowest BCUT2D eigenvalue weighted by molar-refractivity contribution is -0.118. The molecule has 4 nitrogen and oxygen atoms in total. The summed E-state index contributed by atoms with van der Waals surface area (Å²) in [5.74, 6) is 1.10. The van der Waals surface area contributed by atoms with Gasteiger partial charge in [-0.25, -0.2) is 5.43 Å². The molecular weight excluding hydrogens is 308 g/mol. The number of aromatic hydroxyl groups is 1. The minimum atomic E-state index is -0.161. The SMILES string of the molecule is Cc1cc(C)cc(CSCC(=O)N/N=C\c2ccccc2O)c1. The number of nitrogens with one attached hydrogen (secondary N) is 1. The molecule has 0 spiro atoms. The van der Waals surface area contributed by atoms with Gasteiger partial charge in [-0.1, -0.05) is 41.5 Å². The number of rotatable bonds is 6. The van der Waals surface area contributed by atoms with Crippen molar-refractivity contribution in [3.63, 3.8) is 0 Å². The summed E-state index contributed by atoms with van der Waals surface area (Å²) >= 11 is 1.55. The number of nitrogens with zero attached hydrogens (tertiary/aromatic N) is 1. The van der Waals surface area contributed by atoms with Gasteiger partial charge in [0.05, 0.1) is 12.0 Å². The standard InChI is InChI=1S/C18H20N2O2S/c1-13-7-14(2)9-15(8-13)11-23-12-18(22)20-19-10-16-5-3-4-6-17(16)21/h3-10,21H,11-12H2,1-2H3,(H,20,22)/b19-10-. The number of carbonyl (C=O) groups excluding carboxylic acids is 1. The van der Waals surface area contributed by atoms with E-state index in [1.54, 1.807) is 36.0 Å². The van der Waals surface area contributed by atoms with Crippen molar-refractivity contribution in [3.8, 4) is 5.75 Å². The van der Waals surface area contributed by atoms with Crippen LogP contribution in [-0.2, 0) is 10.5 Å². The van der Waals surface area contributed by atoms with Gasteiger partial charge >= 0.3 is 0 Å². The molecule has 0 heterocycles. The second-order valence-electron chi connectivity index (χ2n) is 5.34. The molecule has 2 aromatic rings. The van der Waals surface area contributed by atoms with E-state index in [-0.39, 0.29) is 11.7 Å². The number of hydrazone groups is 1. The van der Waals surface area contributed by atoms with Crippen molar-refractivity contribution < 1.29 is 9.90 Å². The molecule has 1 amide bonds. The molecule has 5 heteroatoms. The van der Waals surface area contributed by atoms with Crippen molar-refractivity contribution in [2.24, 2.45) is 5.10 Å². The fourth-order valence-electron chi connectivity index (χ4n) is 2.22. The zero-order valence-electron chi connectivity index (χ0n) is 13.2. The molecule has 2 rings (SSSR count). The molecule has 0 aliphatic heterocycles. The van der Waals surface area contributed by atoms with Gasteiger partial charge in [-0.2, -0.15) is 5.10 Å². The largest absolute Gasteiger partial charge is 0.507 e. The van der Waals surface area contributed by atoms with E-state index in [9.17, 15) is 9.90 Å². The predicted molar refractivity (Wildman–Crippen MR) is 95.9 cm³/mol. The molecule has 0 aromatic heterocycles. The summed E-state index contributed by atoms with van der Waals surface area (Å²) in [6.07, 6.45) is 1.43. The second-order valence-corrected chi connectivity index (χ2v) is 6.33. The first-order valence-corrected chi connectivity index (χ1v) is 8.45. The van der Waals surface area contributed by atoms with Crippen LogP contribution >= 0.6 is 11.8 Å². The highest BCUT2D eigenvalue weighted by atomic mass is 32.2. The molecule has 0 atom stereocenters. The zero-order chi connectivity index (χ0) is 16.7. The van der Waals surface area contributed by atoms with Gasteiger partial charge in [0.2, 0.25) is 5.91 Å². The first-order valence-electron chi connectivity index (χ1n) is 7.29. The minimum Gasteiger partial charge on any atom is -0.507 e. The third kappa shape index (κ3) is 5.79. The average Bonchev–Trinajstić information content (AvgIpc) is 2.48. The van der Waals surface area contributed by atoms with Crippen LogP contribution in [-0.4, -0.2) is 23.0 Å². The maximum atomic E-state index is 11.7.